The molecule has 0 saturated carbocycles. The van der Waals surface area contributed by atoms with Crippen LogP contribution in [0, 0.1) is 5.82 Å². The number of nitrogens with one attached hydrogen (secondary N) is 2. The largest absolute Gasteiger partial charge is 0.383 e. The van der Waals surface area contributed by atoms with Gasteiger partial charge >= 0.3 is 0 Å². The predicted octanol–water partition coefficient (Wildman–Crippen LogP) is 2.03. The summed E-state index contributed by atoms with van der Waals surface area (Å²) >= 11 is 5.82. The smallest absolute Gasteiger partial charge is 0.221 e. The summed E-state index contributed by atoms with van der Waals surface area (Å²) in [5, 5.41) is 5.82. The van der Waals surface area contributed by atoms with Gasteiger partial charge in [0.05, 0.1) is 10.7 Å². The van der Waals surface area contributed by atoms with E-state index in [9.17, 15) is 9.18 Å². The molecule has 1 rings (SSSR count). The minimum absolute atomic E-state index is 0.0741. The van der Waals surface area contributed by atoms with Gasteiger partial charge in [-0.2, -0.15) is 0 Å². The fraction of sp³-hybridized carbons (Fsp3) is 0.300. The third-order valence-electron chi connectivity index (χ3n) is 1.87. The Morgan fingerprint density at radius 2 is 2.27 bits per heavy atom. The van der Waals surface area contributed by atoms with Crippen molar-refractivity contribution in [2.45, 2.75) is 6.42 Å². The number of hydrogen-bond donors (Lipinski definition) is 2. The van der Waals surface area contributed by atoms with Crippen LogP contribution in [0.2, 0.25) is 5.02 Å². The SMILES string of the molecule is CNC(=O)CCNc1cc(F)ccc1Cl. The standard InChI is InChI=1S/C10H12ClFN2O/c1-13-10(15)4-5-14-9-6-7(12)2-3-8(9)11/h2-3,6,14H,4-5H2,1H3,(H,13,15). The summed E-state index contributed by atoms with van der Waals surface area (Å²) in [5.74, 6) is -0.433. The van der Waals surface area contributed by atoms with Crippen LogP contribution < -0.4 is 10.6 Å². The molecule has 15 heavy (non-hydrogen) atoms. The number of rotatable bonds is 4. The molecule has 1 aromatic carbocycles. The molecule has 0 aliphatic heterocycles. The first-order valence-corrected chi connectivity index (χ1v) is 4.91. The van der Waals surface area contributed by atoms with Crippen molar-refractivity contribution in [3.05, 3.63) is 29.0 Å². The fourth-order valence-corrected chi connectivity index (χ4v) is 1.25. The Bertz CT molecular complexity index is 357. The van der Waals surface area contributed by atoms with E-state index in [1.165, 1.54) is 18.2 Å². The maximum absolute atomic E-state index is 12.8. The molecular formula is C10H12ClFN2O. The van der Waals surface area contributed by atoms with E-state index in [-0.39, 0.29) is 11.7 Å². The molecule has 0 aromatic heterocycles. The summed E-state index contributed by atoms with van der Waals surface area (Å²) in [5.41, 5.74) is 0.501. The van der Waals surface area contributed by atoms with Crippen LogP contribution in [0.1, 0.15) is 6.42 Å². The van der Waals surface area contributed by atoms with Crippen LogP contribution in [0.4, 0.5) is 10.1 Å². The topological polar surface area (TPSA) is 41.1 Å². The molecule has 3 nitrogen and oxygen atoms in total. The lowest BCUT2D eigenvalue weighted by atomic mass is 10.3. The zero-order valence-electron chi connectivity index (χ0n) is 8.31. The number of carbonyl (C=O) groups is 1. The lowest BCUT2D eigenvalue weighted by molar-refractivity contribution is -0.120. The summed E-state index contributed by atoms with van der Waals surface area (Å²) < 4.78 is 12.8. The van der Waals surface area contributed by atoms with E-state index in [4.69, 9.17) is 11.6 Å². The van der Waals surface area contributed by atoms with Crippen molar-refractivity contribution in [2.75, 3.05) is 18.9 Å². The van der Waals surface area contributed by atoms with Crippen molar-refractivity contribution >= 4 is 23.2 Å². The summed E-state index contributed by atoms with van der Waals surface area (Å²) in [6.45, 7) is 0.419. The van der Waals surface area contributed by atoms with Crippen LogP contribution in [0.5, 0.6) is 0 Å². The van der Waals surface area contributed by atoms with E-state index in [0.29, 0.717) is 23.7 Å². The highest BCUT2D eigenvalue weighted by atomic mass is 35.5. The zero-order chi connectivity index (χ0) is 11.3. The molecule has 0 bridgehead atoms. The Morgan fingerprint density at radius 3 is 2.93 bits per heavy atom. The lowest BCUT2D eigenvalue weighted by Crippen LogP contribution is -2.20. The first-order chi connectivity index (χ1) is 7.13. The van der Waals surface area contributed by atoms with Gasteiger partial charge in [-0.25, -0.2) is 4.39 Å². The lowest BCUT2D eigenvalue weighted by Gasteiger charge is -2.07. The number of benzene rings is 1. The Kier molecular flexibility index (Phi) is 4.37. The van der Waals surface area contributed by atoms with Crippen LogP contribution in [0.3, 0.4) is 0 Å². The first-order valence-electron chi connectivity index (χ1n) is 4.53. The van der Waals surface area contributed by atoms with Crippen molar-refractivity contribution in [1.82, 2.24) is 5.32 Å². The van der Waals surface area contributed by atoms with E-state index in [0.717, 1.165) is 0 Å². The van der Waals surface area contributed by atoms with Crippen molar-refractivity contribution in [3.63, 3.8) is 0 Å². The molecule has 2 N–H and O–H groups in total. The minimum atomic E-state index is -0.359. The van der Waals surface area contributed by atoms with E-state index in [1.54, 1.807) is 7.05 Å². The maximum atomic E-state index is 12.8. The van der Waals surface area contributed by atoms with Gasteiger partial charge in [0.2, 0.25) is 5.91 Å². The summed E-state index contributed by atoms with van der Waals surface area (Å²) in [7, 11) is 1.57. The Labute approximate surface area is 92.6 Å². The van der Waals surface area contributed by atoms with Crippen molar-refractivity contribution in [3.8, 4) is 0 Å². The third kappa shape index (κ3) is 3.75. The molecule has 0 atom stereocenters. The first kappa shape index (κ1) is 11.8. The zero-order valence-corrected chi connectivity index (χ0v) is 9.07. The van der Waals surface area contributed by atoms with Gasteiger partial charge in [0.25, 0.3) is 0 Å². The van der Waals surface area contributed by atoms with Gasteiger partial charge in [-0.05, 0) is 18.2 Å². The monoisotopic (exact) mass is 230 g/mol. The molecule has 0 unspecified atom stereocenters. The van der Waals surface area contributed by atoms with Gasteiger partial charge < -0.3 is 10.6 Å². The van der Waals surface area contributed by atoms with E-state index in [1.807, 2.05) is 0 Å². The summed E-state index contributed by atoms with van der Waals surface area (Å²) in [6.07, 6.45) is 0.323. The van der Waals surface area contributed by atoms with Gasteiger partial charge in [0.15, 0.2) is 0 Å². The number of carbonyl (C=O) groups excluding carboxylic acids is 1. The average molecular weight is 231 g/mol. The molecule has 82 valence electrons. The average Bonchev–Trinajstić information content (AvgIpc) is 2.23. The highest BCUT2D eigenvalue weighted by molar-refractivity contribution is 6.33. The van der Waals surface area contributed by atoms with Crippen molar-refractivity contribution in [1.29, 1.82) is 0 Å². The van der Waals surface area contributed by atoms with Crippen LogP contribution in [-0.4, -0.2) is 19.5 Å². The molecule has 0 fully saturated rings. The Balaban J connectivity index is 2.50. The third-order valence-corrected chi connectivity index (χ3v) is 2.20. The molecule has 0 heterocycles. The van der Waals surface area contributed by atoms with Gasteiger partial charge in [-0.1, -0.05) is 11.6 Å². The number of anilines is 1. The fourth-order valence-electron chi connectivity index (χ4n) is 1.07. The Hall–Kier alpha value is -1.29. The normalized spacial score (nSPS) is 9.80. The molecule has 0 aliphatic carbocycles. The van der Waals surface area contributed by atoms with Crippen molar-refractivity contribution < 1.29 is 9.18 Å². The molecule has 0 spiro atoms. The summed E-state index contributed by atoms with van der Waals surface area (Å²) in [6, 6.07) is 4.05. The Morgan fingerprint density at radius 1 is 1.53 bits per heavy atom. The second-order valence-electron chi connectivity index (χ2n) is 2.97. The van der Waals surface area contributed by atoms with E-state index >= 15 is 0 Å². The maximum Gasteiger partial charge on any atom is 0.221 e. The van der Waals surface area contributed by atoms with Crippen LogP contribution in [0.25, 0.3) is 0 Å². The molecule has 1 aromatic rings. The van der Waals surface area contributed by atoms with Gasteiger partial charge in [-0.15, -0.1) is 0 Å². The second kappa shape index (κ2) is 5.56. The molecule has 0 saturated heterocycles. The van der Waals surface area contributed by atoms with Crippen molar-refractivity contribution in [2.24, 2.45) is 0 Å². The van der Waals surface area contributed by atoms with Crippen LogP contribution in [-0.2, 0) is 4.79 Å². The molecular weight excluding hydrogens is 219 g/mol. The quantitative estimate of drug-likeness (QED) is 0.831. The second-order valence-corrected chi connectivity index (χ2v) is 3.38. The predicted molar refractivity (Wildman–Crippen MR) is 58.6 cm³/mol. The van der Waals surface area contributed by atoms with Gasteiger partial charge in [-0.3, -0.25) is 4.79 Å². The van der Waals surface area contributed by atoms with Crippen LogP contribution in [0.15, 0.2) is 18.2 Å². The van der Waals surface area contributed by atoms with Crippen LogP contribution >= 0.6 is 11.6 Å². The van der Waals surface area contributed by atoms with Gasteiger partial charge in [0, 0.05) is 20.0 Å². The van der Waals surface area contributed by atoms with E-state index < -0.39 is 0 Å². The van der Waals surface area contributed by atoms with Gasteiger partial charge in [0.1, 0.15) is 5.82 Å². The molecule has 1 amide bonds. The highest BCUT2D eigenvalue weighted by Gasteiger charge is 2.02. The molecule has 0 aliphatic rings. The van der Waals surface area contributed by atoms with E-state index in [2.05, 4.69) is 10.6 Å². The molecule has 5 heteroatoms. The summed E-state index contributed by atoms with van der Waals surface area (Å²) in [4.78, 5) is 10.9. The number of halogens is 2. The number of amides is 1. The molecule has 0 radical (unpaired) electrons. The minimum Gasteiger partial charge on any atom is -0.383 e. The highest BCUT2D eigenvalue weighted by Crippen LogP contribution is 2.22. The number of hydrogen-bond acceptors (Lipinski definition) is 2.